The molecule has 0 radical (unpaired) electrons. The average molecular weight is 308 g/mol. The number of hydrogen-bond acceptors (Lipinski definition) is 4. The SMILES string of the molecule is C=C(CC)C(=O)NCCS(=O)(=O)O.CC(C)NC(C)C. The van der Waals surface area contributed by atoms with E-state index in [9.17, 15) is 13.2 Å². The highest BCUT2D eigenvalue weighted by atomic mass is 32.2. The first-order valence-electron chi connectivity index (χ1n) is 6.66. The van der Waals surface area contributed by atoms with Crippen molar-refractivity contribution < 1.29 is 17.8 Å². The maximum absolute atomic E-state index is 11.0. The molecular weight excluding hydrogens is 280 g/mol. The van der Waals surface area contributed by atoms with Crippen LogP contribution in [0, 0.1) is 0 Å². The molecule has 7 heteroatoms. The van der Waals surface area contributed by atoms with Gasteiger partial charge in [0.05, 0.1) is 5.75 Å². The van der Waals surface area contributed by atoms with E-state index in [-0.39, 0.29) is 12.5 Å². The maximum Gasteiger partial charge on any atom is 0.266 e. The fraction of sp³-hybridized carbons (Fsp3) is 0.769. The summed E-state index contributed by atoms with van der Waals surface area (Å²) < 4.78 is 28.8. The standard InChI is InChI=1S/C7H13NO4S.C6H15N/c1-3-6(2)7(9)8-4-5-13(10,11)12;1-5(2)7-6(3)4/h2-5H2,1H3,(H,8,9)(H,10,11,12);5-7H,1-4H3. The fourth-order valence-electron chi connectivity index (χ4n) is 1.25. The summed E-state index contributed by atoms with van der Waals surface area (Å²) in [5, 5.41) is 5.62. The van der Waals surface area contributed by atoms with Crippen molar-refractivity contribution >= 4 is 16.0 Å². The van der Waals surface area contributed by atoms with Crippen molar-refractivity contribution in [2.45, 2.75) is 53.1 Å². The Balaban J connectivity index is 0. The third-order valence-electron chi connectivity index (χ3n) is 2.06. The van der Waals surface area contributed by atoms with Gasteiger partial charge in [-0.15, -0.1) is 0 Å². The van der Waals surface area contributed by atoms with E-state index in [4.69, 9.17) is 4.55 Å². The van der Waals surface area contributed by atoms with Gasteiger partial charge in [0.1, 0.15) is 0 Å². The van der Waals surface area contributed by atoms with Crippen molar-refractivity contribution in [2.75, 3.05) is 12.3 Å². The summed E-state index contributed by atoms with van der Waals surface area (Å²) in [5.41, 5.74) is 0.385. The number of carbonyl (C=O) groups is 1. The van der Waals surface area contributed by atoms with E-state index in [1.54, 1.807) is 6.92 Å². The smallest absolute Gasteiger partial charge is 0.266 e. The molecule has 0 saturated carbocycles. The molecule has 0 aromatic rings. The van der Waals surface area contributed by atoms with E-state index < -0.39 is 15.9 Å². The van der Waals surface area contributed by atoms with Crippen LogP contribution in [0.5, 0.6) is 0 Å². The van der Waals surface area contributed by atoms with Gasteiger partial charge < -0.3 is 10.6 Å². The van der Waals surface area contributed by atoms with Gasteiger partial charge in [0.25, 0.3) is 10.1 Å². The van der Waals surface area contributed by atoms with Crippen LogP contribution >= 0.6 is 0 Å². The van der Waals surface area contributed by atoms with Crippen LogP contribution in [-0.2, 0) is 14.9 Å². The van der Waals surface area contributed by atoms with Gasteiger partial charge in [-0.05, 0) is 6.42 Å². The highest BCUT2D eigenvalue weighted by Crippen LogP contribution is 1.94. The molecule has 0 bridgehead atoms. The lowest BCUT2D eigenvalue weighted by atomic mass is 10.2. The van der Waals surface area contributed by atoms with Crippen molar-refractivity contribution in [3.8, 4) is 0 Å². The minimum Gasteiger partial charge on any atom is -0.351 e. The normalized spacial score (nSPS) is 11.0. The lowest BCUT2D eigenvalue weighted by molar-refractivity contribution is -0.117. The Hall–Kier alpha value is -0.920. The molecule has 0 fully saturated rings. The third kappa shape index (κ3) is 17.1. The summed E-state index contributed by atoms with van der Waals surface area (Å²) in [4.78, 5) is 11.0. The zero-order valence-corrected chi connectivity index (χ0v) is 13.9. The minimum atomic E-state index is -4.00. The van der Waals surface area contributed by atoms with E-state index in [1.165, 1.54) is 0 Å². The number of nitrogens with one attached hydrogen (secondary N) is 2. The van der Waals surface area contributed by atoms with E-state index in [1.807, 2.05) is 0 Å². The van der Waals surface area contributed by atoms with Gasteiger partial charge in [0.2, 0.25) is 5.91 Å². The van der Waals surface area contributed by atoms with Crippen molar-refractivity contribution in [3.05, 3.63) is 12.2 Å². The van der Waals surface area contributed by atoms with Gasteiger partial charge in [-0.25, -0.2) is 0 Å². The summed E-state index contributed by atoms with van der Waals surface area (Å²) in [7, 11) is -4.00. The average Bonchev–Trinajstić information content (AvgIpc) is 2.24. The Morgan fingerprint density at radius 3 is 1.90 bits per heavy atom. The van der Waals surface area contributed by atoms with Crippen LogP contribution in [0.25, 0.3) is 0 Å². The van der Waals surface area contributed by atoms with Crippen LogP contribution in [0.4, 0.5) is 0 Å². The Kier molecular flexibility index (Phi) is 11.6. The highest BCUT2D eigenvalue weighted by Gasteiger charge is 2.07. The number of rotatable bonds is 7. The molecule has 20 heavy (non-hydrogen) atoms. The molecule has 3 N–H and O–H groups in total. The number of amides is 1. The molecule has 0 heterocycles. The van der Waals surface area contributed by atoms with Crippen LogP contribution in [-0.4, -0.2) is 43.3 Å². The van der Waals surface area contributed by atoms with Crippen molar-refractivity contribution in [1.29, 1.82) is 0 Å². The Labute approximate surface area is 122 Å². The first-order chi connectivity index (χ1) is 8.99. The molecule has 0 aliphatic carbocycles. The minimum absolute atomic E-state index is 0.101. The van der Waals surface area contributed by atoms with E-state index in [0.29, 0.717) is 24.1 Å². The molecule has 120 valence electrons. The Morgan fingerprint density at radius 2 is 1.65 bits per heavy atom. The molecule has 1 amide bonds. The first kappa shape index (κ1) is 21.4. The van der Waals surface area contributed by atoms with E-state index in [0.717, 1.165) is 0 Å². The molecule has 0 aromatic carbocycles. The summed E-state index contributed by atoms with van der Waals surface area (Å²) in [6, 6.07) is 1.25. The molecule has 0 saturated heterocycles. The second-order valence-corrected chi connectivity index (χ2v) is 6.55. The monoisotopic (exact) mass is 308 g/mol. The molecule has 0 rings (SSSR count). The van der Waals surface area contributed by atoms with Crippen LogP contribution in [0.1, 0.15) is 41.0 Å². The van der Waals surface area contributed by atoms with Gasteiger partial charge in [0, 0.05) is 24.2 Å². The fourth-order valence-corrected chi connectivity index (χ4v) is 1.61. The summed E-state index contributed by atoms with van der Waals surface area (Å²) in [6.07, 6.45) is 0.512. The summed E-state index contributed by atoms with van der Waals surface area (Å²) in [5.74, 6) is -0.860. The van der Waals surface area contributed by atoms with Crippen LogP contribution in [0.2, 0.25) is 0 Å². The molecule has 6 nitrogen and oxygen atoms in total. The van der Waals surface area contributed by atoms with Crippen LogP contribution in [0.15, 0.2) is 12.2 Å². The summed E-state index contributed by atoms with van der Waals surface area (Å²) >= 11 is 0. The van der Waals surface area contributed by atoms with Gasteiger partial charge in [-0.3, -0.25) is 9.35 Å². The number of carbonyl (C=O) groups excluding carboxylic acids is 1. The predicted molar refractivity (Wildman–Crippen MR) is 82.3 cm³/mol. The van der Waals surface area contributed by atoms with Crippen molar-refractivity contribution in [3.63, 3.8) is 0 Å². The van der Waals surface area contributed by atoms with Crippen LogP contribution in [0.3, 0.4) is 0 Å². The lowest BCUT2D eigenvalue weighted by Crippen LogP contribution is -2.29. The molecule has 0 aliphatic rings. The molecule has 0 aliphatic heterocycles. The zero-order valence-electron chi connectivity index (χ0n) is 13.1. The van der Waals surface area contributed by atoms with Crippen LogP contribution < -0.4 is 10.6 Å². The first-order valence-corrected chi connectivity index (χ1v) is 8.27. The quantitative estimate of drug-likeness (QED) is 0.487. The predicted octanol–water partition coefficient (Wildman–Crippen LogP) is 1.35. The Bertz CT molecular complexity index is 383. The largest absolute Gasteiger partial charge is 0.351 e. The van der Waals surface area contributed by atoms with Gasteiger partial charge in [0.15, 0.2) is 0 Å². The molecule has 0 spiro atoms. The summed E-state index contributed by atoms with van der Waals surface area (Å²) in [6.45, 7) is 13.7. The zero-order chi connectivity index (χ0) is 16.3. The third-order valence-corrected chi connectivity index (χ3v) is 2.78. The van der Waals surface area contributed by atoms with Crippen molar-refractivity contribution in [1.82, 2.24) is 10.6 Å². The molecule has 0 aromatic heterocycles. The number of hydrogen-bond donors (Lipinski definition) is 3. The van der Waals surface area contributed by atoms with Gasteiger partial charge in [-0.1, -0.05) is 41.2 Å². The van der Waals surface area contributed by atoms with E-state index >= 15 is 0 Å². The lowest BCUT2D eigenvalue weighted by Gasteiger charge is -2.10. The molecule has 0 atom stereocenters. The Morgan fingerprint density at radius 1 is 1.20 bits per heavy atom. The molecular formula is C13H28N2O4S. The second-order valence-electron chi connectivity index (χ2n) is 4.98. The van der Waals surface area contributed by atoms with Gasteiger partial charge in [-0.2, -0.15) is 8.42 Å². The van der Waals surface area contributed by atoms with Gasteiger partial charge >= 0.3 is 0 Å². The second kappa shape index (κ2) is 10.8. The maximum atomic E-state index is 11.0. The highest BCUT2D eigenvalue weighted by molar-refractivity contribution is 7.85. The molecule has 0 unspecified atom stereocenters. The van der Waals surface area contributed by atoms with Crippen molar-refractivity contribution in [2.24, 2.45) is 0 Å². The van der Waals surface area contributed by atoms with E-state index in [2.05, 4.69) is 44.9 Å². The topological polar surface area (TPSA) is 95.5 Å².